The van der Waals surface area contributed by atoms with Crippen LogP contribution in [0, 0.1) is 15.2 Å². The maximum Gasteiger partial charge on any atom is 0.227 e. The summed E-state index contributed by atoms with van der Waals surface area (Å²) < 4.78 is 27.4. The van der Waals surface area contributed by atoms with E-state index in [0.717, 1.165) is 33.4 Å². The normalized spacial score (nSPS) is 14.2. The summed E-state index contributed by atoms with van der Waals surface area (Å²) in [6.45, 7) is 0.254. The van der Waals surface area contributed by atoms with Gasteiger partial charge in [-0.1, -0.05) is 6.07 Å². The van der Waals surface area contributed by atoms with Crippen LogP contribution in [-0.4, -0.2) is 5.91 Å². The second kappa shape index (κ2) is 5.71. The standard InChI is InChI=1S/C16H12F2INO/c17-13-4-1-10(7-14(13)18)9-20-15-5-3-12(19)8-11(15)2-6-16(20)21/h1,3-5,7-8H,2,6,9H2. The lowest BCUT2D eigenvalue weighted by molar-refractivity contribution is -0.119. The monoisotopic (exact) mass is 399 g/mol. The highest BCUT2D eigenvalue weighted by Gasteiger charge is 2.24. The van der Waals surface area contributed by atoms with Gasteiger partial charge in [0.2, 0.25) is 5.91 Å². The van der Waals surface area contributed by atoms with Crippen molar-refractivity contribution in [3.8, 4) is 0 Å². The molecule has 0 fully saturated rings. The van der Waals surface area contributed by atoms with E-state index >= 15 is 0 Å². The summed E-state index contributed by atoms with van der Waals surface area (Å²) in [4.78, 5) is 13.8. The van der Waals surface area contributed by atoms with Crippen molar-refractivity contribution >= 4 is 34.2 Å². The minimum absolute atomic E-state index is 0.00782. The minimum atomic E-state index is -0.889. The molecule has 2 aromatic rings. The number of fused-ring (bicyclic) bond motifs is 1. The molecule has 0 spiro atoms. The van der Waals surface area contributed by atoms with Crippen LogP contribution in [0.4, 0.5) is 14.5 Å². The molecule has 0 unspecified atom stereocenters. The number of hydrogen-bond acceptors (Lipinski definition) is 1. The topological polar surface area (TPSA) is 20.3 Å². The number of aryl methyl sites for hydroxylation is 1. The fourth-order valence-corrected chi connectivity index (χ4v) is 3.08. The zero-order chi connectivity index (χ0) is 15.0. The van der Waals surface area contributed by atoms with Crippen LogP contribution in [0.1, 0.15) is 17.5 Å². The third-order valence-electron chi connectivity index (χ3n) is 3.57. The molecule has 1 amide bonds. The van der Waals surface area contributed by atoms with Crippen molar-refractivity contribution in [2.24, 2.45) is 0 Å². The molecule has 2 aromatic carbocycles. The Morgan fingerprint density at radius 1 is 1.05 bits per heavy atom. The number of anilines is 1. The lowest BCUT2D eigenvalue weighted by Crippen LogP contribution is -2.34. The Labute approximate surface area is 134 Å². The van der Waals surface area contributed by atoms with Crippen molar-refractivity contribution < 1.29 is 13.6 Å². The van der Waals surface area contributed by atoms with Gasteiger partial charge in [-0.05, 0) is 70.5 Å². The Morgan fingerprint density at radius 2 is 1.86 bits per heavy atom. The van der Waals surface area contributed by atoms with Gasteiger partial charge < -0.3 is 4.90 Å². The molecule has 108 valence electrons. The number of rotatable bonds is 2. The van der Waals surface area contributed by atoms with Crippen LogP contribution >= 0.6 is 22.6 Å². The first kappa shape index (κ1) is 14.4. The van der Waals surface area contributed by atoms with Crippen LogP contribution in [-0.2, 0) is 17.8 Å². The van der Waals surface area contributed by atoms with Crippen LogP contribution in [0.25, 0.3) is 0 Å². The Bertz CT molecular complexity index is 717. The Hall–Kier alpha value is -1.50. The first-order valence-electron chi connectivity index (χ1n) is 6.57. The average Bonchev–Trinajstić information content (AvgIpc) is 2.46. The van der Waals surface area contributed by atoms with Gasteiger partial charge in [0.15, 0.2) is 11.6 Å². The summed E-state index contributed by atoms with van der Waals surface area (Å²) in [6.07, 6.45) is 1.16. The Balaban J connectivity index is 1.94. The quantitative estimate of drug-likeness (QED) is 0.698. The molecule has 0 saturated heterocycles. The summed E-state index contributed by atoms with van der Waals surface area (Å²) in [5.41, 5.74) is 2.55. The van der Waals surface area contributed by atoms with E-state index < -0.39 is 11.6 Å². The lowest BCUT2D eigenvalue weighted by atomic mass is 10.0. The average molecular weight is 399 g/mol. The van der Waals surface area contributed by atoms with Gasteiger partial charge in [0.25, 0.3) is 0 Å². The fourth-order valence-electron chi connectivity index (χ4n) is 2.52. The van der Waals surface area contributed by atoms with Gasteiger partial charge in [-0.3, -0.25) is 4.79 Å². The van der Waals surface area contributed by atoms with E-state index in [-0.39, 0.29) is 12.5 Å². The highest BCUT2D eigenvalue weighted by Crippen LogP contribution is 2.30. The summed E-state index contributed by atoms with van der Waals surface area (Å²) in [5.74, 6) is -1.76. The Morgan fingerprint density at radius 3 is 2.62 bits per heavy atom. The Kier molecular flexibility index (Phi) is 3.93. The van der Waals surface area contributed by atoms with Gasteiger partial charge in [0.05, 0.1) is 6.54 Å². The van der Waals surface area contributed by atoms with Gasteiger partial charge in [-0.2, -0.15) is 0 Å². The van der Waals surface area contributed by atoms with Crippen molar-refractivity contribution in [3.63, 3.8) is 0 Å². The molecule has 0 aliphatic carbocycles. The van der Waals surface area contributed by atoms with Crippen LogP contribution < -0.4 is 4.90 Å². The molecule has 1 aliphatic rings. The van der Waals surface area contributed by atoms with Gasteiger partial charge in [-0.15, -0.1) is 0 Å². The van der Waals surface area contributed by atoms with Crippen molar-refractivity contribution in [1.82, 2.24) is 0 Å². The van der Waals surface area contributed by atoms with Gasteiger partial charge >= 0.3 is 0 Å². The van der Waals surface area contributed by atoms with Crippen LogP contribution in [0.3, 0.4) is 0 Å². The highest BCUT2D eigenvalue weighted by atomic mass is 127. The molecule has 21 heavy (non-hydrogen) atoms. The maximum absolute atomic E-state index is 13.3. The molecule has 1 heterocycles. The predicted molar refractivity (Wildman–Crippen MR) is 85.0 cm³/mol. The summed E-state index contributed by atoms with van der Waals surface area (Å²) in [5, 5.41) is 0. The molecule has 0 aromatic heterocycles. The largest absolute Gasteiger partial charge is 0.308 e. The van der Waals surface area contributed by atoms with E-state index in [9.17, 15) is 13.6 Å². The zero-order valence-electron chi connectivity index (χ0n) is 11.1. The molecule has 2 nitrogen and oxygen atoms in total. The number of halogens is 3. The number of nitrogens with zero attached hydrogens (tertiary/aromatic N) is 1. The highest BCUT2D eigenvalue weighted by molar-refractivity contribution is 14.1. The smallest absolute Gasteiger partial charge is 0.227 e. The number of amides is 1. The van der Waals surface area contributed by atoms with Gasteiger partial charge in [0, 0.05) is 15.7 Å². The predicted octanol–water partition coefficient (Wildman–Crippen LogP) is 4.05. The first-order valence-corrected chi connectivity index (χ1v) is 7.65. The third kappa shape index (κ3) is 2.92. The minimum Gasteiger partial charge on any atom is -0.308 e. The molecule has 0 atom stereocenters. The van der Waals surface area contributed by atoms with E-state index in [0.29, 0.717) is 12.0 Å². The number of benzene rings is 2. The van der Waals surface area contributed by atoms with Crippen LogP contribution in [0.5, 0.6) is 0 Å². The molecule has 0 N–H and O–H groups in total. The number of carbonyl (C=O) groups excluding carboxylic acids is 1. The molecule has 3 rings (SSSR count). The van der Waals surface area contributed by atoms with E-state index in [4.69, 9.17) is 0 Å². The van der Waals surface area contributed by atoms with E-state index in [1.807, 2.05) is 12.1 Å². The first-order chi connectivity index (χ1) is 10.0. The third-order valence-corrected chi connectivity index (χ3v) is 4.24. The molecule has 0 bridgehead atoms. The summed E-state index contributed by atoms with van der Waals surface area (Å²) >= 11 is 2.24. The number of hydrogen-bond donors (Lipinski definition) is 0. The maximum atomic E-state index is 13.3. The summed E-state index contributed by atoms with van der Waals surface area (Å²) in [6, 6.07) is 9.65. The second-order valence-corrected chi connectivity index (χ2v) is 6.25. The molecule has 0 saturated carbocycles. The molecular weight excluding hydrogens is 387 g/mol. The van der Waals surface area contributed by atoms with E-state index in [1.165, 1.54) is 6.07 Å². The van der Waals surface area contributed by atoms with Crippen molar-refractivity contribution in [2.75, 3.05) is 4.90 Å². The van der Waals surface area contributed by atoms with E-state index in [2.05, 4.69) is 28.7 Å². The van der Waals surface area contributed by atoms with Crippen LogP contribution in [0.15, 0.2) is 36.4 Å². The molecule has 0 radical (unpaired) electrons. The lowest BCUT2D eigenvalue weighted by Gasteiger charge is -2.29. The van der Waals surface area contributed by atoms with E-state index in [1.54, 1.807) is 4.90 Å². The zero-order valence-corrected chi connectivity index (χ0v) is 13.2. The molecule has 1 aliphatic heterocycles. The van der Waals surface area contributed by atoms with Crippen molar-refractivity contribution in [2.45, 2.75) is 19.4 Å². The SMILES string of the molecule is O=C1CCc2cc(I)ccc2N1Cc1ccc(F)c(F)c1. The molecular formula is C16H12F2INO. The van der Waals surface area contributed by atoms with Crippen molar-refractivity contribution in [3.05, 3.63) is 62.7 Å². The van der Waals surface area contributed by atoms with Crippen molar-refractivity contribution in [1.29, 1.82) is 0 Å². The number of carbonyl (C=O) groups is 1. The van der Waals surface area contributed by atoms with Gasteiger partial charge in [-0.25, -0.2) is 8.78 Å². The molecule has 5 heteroatoms. The van der Waals surface area contributed by atoms with Gasteiger partial charge in [0.1, 0.15) is 0 Å². The fraction of sp³-hybridized carbons (Fsp3) is 0.188. The second-order valence-electron chi connectivity index (χ2n) is 5.00. The summed E-state index contributed by atoms with van der Waals surface area (Å²) in [7, 11) is 0. The van der Waals surface area contributed by atoms with Crippen LogP contribution in [0.2, 0.25) is 0 Å².